The molecule has 0 saturated heterocycles. The molecule has 0 amide bonds. The van der Waals surface area contributed by atoms with Gasteiger partial charge in [-0.2, -0.15) is 0 Å². The zero-order valence-corrected chi connectivity index (χ0v) is 22.9. The van der Waals surface area contributed by atoms with Crippen molar-refractivity contribution in [3.05, 3.63) is 103 Å². The van der Waals surface area contributed by atoms with Crippen LogP contribution >= 0.6 is 7.26 Å². The summed E-state index contributed by atoms with van der Waals surface area (Å²) in [7, 11) is -1.81. The summed E-state index contributed by atoms with van der Waals surface area (Å²) in [5.74, 6) is -0.715. The SMILES string of the molecule is C/C=C\CCCC.O=C(O)CCCC[P+](c1ccccc1)(c1ccccc1)c1ccccc1.[Br-]. The van der Waals surface area contributed by atoms with Crippen LogP contribution < -0.4 is 32.9 Å². The summed E-state index contributed by atoms with van der Waals surface area (Å²) in [5.41, 5.74) is 0. The van der Waals surface area contributed by atoms with Crippen molar-refractivity contribution < 1.29 is 26.9 Å². The van der Waals surface area contributed by atoms with E-state index in [0.717, 1.165) is 12.6 Å². The third-order valence-electron chi connectivity index (χ3n) is 5.69. The molecule has 0 aliphatic carbocycles. The van der Waals surface area contributed by atoms with Crippen LogP contribution in [-0.4, -0.2) is 17.2 Å². The number of unbranched alkanes of at least 4 members (excludes halogenated alkanes) is 3. The highest BCUT2D eigenvalue weighted by atomic mass is 79.9. The first-order chi connectivity index (χ1) is 16.1. The molecule has 0 aliphatic heterocycles. The first kappa shape index (κ1) is 29.8. The largest absolute Gasteiger partial charge is 1.00 e. The van der Waals surface area contributed by atoms with Gasteiger partial charge in [-0.3, -0.25) is 4.79 Å². The molecule has 3 aromatic carbocycles. The van der Waals surface area contributed by atoms with Gasteiger partial charge in [0.2, 0.25) is 0 Å². The van der Waals surface area contributed by atoms with Crippen molar-refractivity contribution in [2.75, 3.05) is 6.16 Å². The standard InChI is InChI=1S/C23H23O2P.C7H14.BrH/c24-23(25)18-10-11-19-26(20-12-4-1-5-13-20,21-14-6-2-7-15-21)22-16-8-3-9-17-22;1-3-5-7-6-4-2;/h1-9,12-17H,10-11,18-19H2;3,5H,4,6-7H2,1-2H3;1H/b;5-3-;. The van der Waals surface area contributed by atoms with Crippen LogP contribution in [0.5, 0.6) is 0 Å². The van der Waals surface area contributed by atoms with E-state index in [0.29, 0.717) is 6.42 Å². The van der Waals surface area contributed by atoms with Crippen molar-refractivity contribution in [3.63, 3.8) is 0 Å². The zero-order valence-electron chi connectivity index (χ0n) is 20.4. The van der Waals surface area contributed by atoms with Crippen molar-refractivity contribution >= 4 is 29.1 Å². The molecule has 34 heavy (non-hydrogen) atoms. The van der Waals surface area contributed by atoms with Crippen molar-refractivity contribution in [2.24, 2.45) is 0 Å². The van der Waals surface area contributed by atoms with Gasteiger partial charge >= 0.3 is 5.97 Å². The van der Waals surface area contributed by atoms with Crippen LogP contribution in [0.15, 0.2) is 103 Å². The Kier molecular flexibility index (Phi) is 15.1. The van der Waals surface area contributed by atoms with Crippen molar-refractivity contribution in [1.29, 1.82) is 0 Å². The van der Waals surface area contributed by atoms with Crippen LogP contribution in [-0.2, 0) is 4.79 Å². The minimum Gasteiger partial charge on any atom is -1.00 e. The van der Waals surface area contributed by atoms with Gasteiger partial charge in [0.1, 0.15) is 23.2 Å². The Hall–Kier alpha value is -2.22. The smallest absolute Gasteiger partial charge is 0.303 e. The second kappa shape index (κ2) is 17.2. The molecule has 0 unspecified atom stereocenters. The van der Waals surface area contributed by atoms with Crippen molar-refractivity contribution in [3.8, 4) is 0 Å². The predicted molar refractivity (Wildman–Crippen MR) is 146 cm³/mol. The van der Waals surface area contributed by atoms with E-state index in [9.17, 15) is 4.79 Å². The maximum atomic E-state index is 10.9. The minimum absolute atomic E-state index is 0. The van der Waals surface area contributed by atoms with Gasteiger partial charge in [0.15, 0.2) is 0 Å². The van der Waals surface area contributed by atoms with Gasteiger partial charge < -0.3 is 22.1 Å². The first-order valence-corrected chi connectivity index (χ1v) is 14.0. The van der Waals surface area contributed by atoms with Gasteiger partial charge in [0, 0.05) is 6.42 Å². The summed E-state index contributed by atoms with van der Waals surface area (Å²) in [6.45, 7) is 4.28. The maximum absolute atomic E-state index is 10.9. The number of aliphatic carboxylic acids is 1. The number of benzene rings is 3. The molecular formula is C30H38BrO2P. The van der Waals surface area contributed by atoms with Gasteiger partial charge in [0.05, 0.1) is 6.16 Å². The van der Waals surface area contributed by atoms with Gasteiger partial charge in [-0.05, 0) is 62.6 Å². The normalized spacial score (nSPS) is 10.8. The molecule has 1 N–H and O–H groups in total. The van der Waals surface area contributed by atoms with Gasteiger partial charge in [0.25, 0.3) is 0 Å². The molecule has 0 aromatic heterocycles. The van der Waals surface area contributed by atoms with Crippen molar-refractivity contribution in [2.45, 2.75) is 52.4 Å². The fourth-order valence-corrected chi connectivity index (χ4v) is 8.41. The van der Waals surface area contributed by atoms with E-state index in [-0.39, 0.29) is 23.4 Å². The monoisotopic (exact) mass is 540 g/mol. The fourth-order valence-electron chi connectivity index (χ4n) is 4.00. The Morgan fingerprint density at radius 2 is 1.21 bits per heavy atom. The number of allylic oxidation sites excluding steroid dienone is 2. The Bertz CT molecular complexity index is 847. The second-order valence-corrected chi connectivity index (χ2v) is 11.7. The van der Waals surface area contributed by atoms with Crippen LogP contribution in [0.25, 0.3) is 0 Å². The summed E-state index contributed by atoms with van der Waals surface area (Å²) in [4.78, 5) is 10.9. The lowest BCUT2D eigenvalue weighted by Crippen LogP contribution is -3.00. The lowest BCUT2D eigenvalue weighted by atomic mass is 10.2. The van der Waals surface area contributed by atoms with E-state index in [4.69, 9.17) is 5.11 Å². The van der Waals surface area contributed by atoms with Crippen molar-refractivity contribution in [1.82, 2.24) is 0 Å². The number of halogens is 1. The third-order valence-corrected chi connectivity index (χ3v) is 10.2. The summed E-state index contributed by atoms with van der Waals surface area (Å²) >= 11 is 0. The number of rotatable bonds is 11. The molecule has 0 heterocycles. The summed E-state index contributed by atoms with van der Waals surface area (Å²) < 4.78 is 0. The molecule has 0 aliphatic rings. The molecule has 0 saturated carbocycles. The molecule has 0 radical (unpaired) electrons. The highest BCUT2D eigenvalue weighted by Gasteiger charge is 2.44. The van der Waals surface area contributed by atoms with Gasteiger partial charge in [-0.15, -0.1) is 0 Å². The lowest BCUT2D eigenvalue weighted by Gasteiger charge is -2.27. The Morgan fingerprint density at radius 1 is 0.765 bits per heavy atom. The molecule has 4 heteroatoms. The van der Waals surface area contributed by atoms with Crippen LogP contribution in [0.2, 0.25) is 0 Å². The van der Waals surface area contributed by atoms with E-state index in [1.54, 1.807) is 0 Å². The highest BCUT2D eigenvalue weighted by Crippen LogP contribution is 2.55. The Balaban J connectivity index is 0.000000633. The van der Waals surface area contributed by atoms with E-state index in [2.05, 4.69) is 117 Å². The molecule has 182 valence electrons. The number of hydrogen-bond acceptors (Lipinski definition) is 1. The summed E-state index contributed by atoms with van der Waals surface area (Å²) in [5, 5.41) is 13.1. The average molecular weight is 542 g/mol. The molecule has 3 aromatic rings. The number of carboxylic acid groups (broad SMARTS) is 1. The lowest BCUT2D eigenvalue weighted by molar-refractivity contribution is -0.137. The minimum atomic E-state index is -1.81. The quantitative estimate of drug-likeness (QED) is 0.227. The Labute approximate surface area is 217 Å². The summed E-state index contributed by atoms with van der Waals surface area (Å²) in [6.07, 6.45) is 11.1. The van der Waals surface area contributed by atoms with E-state index in [1.165, 1.54) is 35.2 Å². The number of carboxylic acids is 1. The maximum Gasteiger partial charge on any atom is 0.303 e. The van der Waals surface area contributed by atoms with E-state index < -0.39 is 13.2 Å². The fraction of sp³-hybridized carbons (Fsp3) is 0.300. The van der Waals surface area contributed by atoms with Crippen LogP contribution in [0.4, 0.5) is 0 Å². The first-order valence-electron chi connectivity index (χ1n) is 12.0. The third kappa shape index (κ3) is 9.20. The van der Waals surface area contributed by atoms with Gasteiger partial charge in [-0.25, -0.2) is 0 Å². The Morgan fingerprint density at radius 3 is 1.56 bits per heavy atom. The molecule has 0 bridgehead atoms. The molecule has 0 atom stereocenters. The number of carbonyl (C=O) groups is 1. The second-order valence-electron chi connectivity index (χ2n) is 8.10. The average Bonchev–Trinajstić information content (AvgIpc) is 2.86. The zero-order chi connectivity index (χ0) is 23.8. The van der Waals surface area contributed by atoms with Crippen LogP contribution in [0.1, 0.15) is 52.4 Å². The van der Waals surface area contributed by atoms with E-state index >= 15 is 0 Å². The summed E-state index contributed by atoms with van der Waals surface area (Å²) in [6, 6.07) is 32.2. The molecule has 3 rings (SSSR count). The van der Waals surface area contributed by atoms with Crippen LogP contribution in [0.3, 0.4) is 0 Å². The molecule has 0 fully saturated rings. The topological polar surface area (TPSA) is 37.3 Å². The molecule has 2 nitrogen and oxygen atoms in total. The van der Waals surface area contributed by atoms with Gasteiger partial charge in [-0.1, -0.05) is 86.5 Å². The van der Waals surface area contributed by atoms with E-state index in [1.807, 2.05) is 0 Å². The number of hydrogen-bond donors (Lipinski definition) is 1. The predicted octanol–water partition coefficient (Wildman–Crippen LogP) is 3.99. The molecular weight excluding hydrogens is 503 g/mol. The highest BCUT2D eigenvalue weighted by molar-refractivity contribution is 7.95. The molecule has 0 spiro atoms. The van der Waals surface area contributed by atoms with Crippen LogP contribution in [0, 0.1) is 0 Å².